The van der Waals surface area contributed by atoms with Crippen LogP contribution >= 0.6 is 0 Å². The second-order valence-corrected chi connectivity index (χ2v) is 5.93. The molecule has 0 heterocycles. The van der Waals surface area contributed by atoms with Crippen LogP contribution in [0.5, 0.6) is 5.75 Å². The number of esters is 2. The molecule has 0 saturated carbocycles. The van der Waals surface area contributed by atoms with Crippen LogP contribution in [0.25, 0.3) is 0 Å². The van der Waals surface area contributed by atoms with Crippen LogP contribution in [-0.2, 0) is 25.6 Å². The van der Waals surface area contributed by atoms with E-state index in [0.717, 1.165) is 5.56 Å². The standard InChI is InChI=1S/C17H25NO5/c1-5-21-15(19)11-18-10-13-6-8-14(9-7-13)22-12-16(20)23-17(2,3)4/h6-9,18H,5,10-12H2,1-4H3. The van der Waals surface area contributed by atoms with Crippen LogP contribution in [0.3, 0.4) is 0 Å². The van der Waals surface area contributed by atoms with Gasteiger partial charge in [0.1, 0.15) is 11.4 Å². The molecule has 0 bridgehead atoms. The quantitative estimate of drug-likeness (QED) is 0.738. The first-order valence-electron chi connectivity index (χ1n) is 7.60. The molecule has 0 aliphatic heterocycles. The van der Waals surface area contributed by atoms with Gasteiger partial charge in [0, 0.05) is 6.54 Å². The molecule has 1 rings (SSSR count). The lowest BCUT2D eigenvalue weighted by Gasteiger charge is -2.19. The van der Waals surface area contributed by atoms with Gasteiger partial charge in [-0.3, -0.25) is 4.79 Å². The van der Waals surface area contributed by atoms with Gasteiger partial charge in [-0.2, -0.15) is 0 Å². The summed E-state index contributed by atoms with van der Waals surface area (Å²) in [6.45, 7) is 8.17. The average molecular weight is 323 g/mol. The molecule has 6 heteroatoms. The maximum atomic E-state index is 11.6. The van der Waals surface area contributed by atoms with E-state index in [-0.39, 0.29) is 19.1 Å². The molecule has 1 aromatic rings. The number of rotatable bonds is 8. The fourth-order valence-electron chi connectivity index (χ4n) is 1.74. The number of hydrogen-bond donors (Lipinski definition) is 1. The third-order valence-electron chi connectivity index (χ3n) is 2.60. The summed E-state index contributed by atoms with van der Waals surface area (Å²) in [6.07, 6.45) is 0. The van der Waals surface area contributed by atoms with Crippen molar-refractivity contribution in [1.29, 1.82) is 0 Å². The molecule has 0 amide bonds. The molecule has 1 N–H and O–H groups in total. The highest BCUT2D eigenvalue weighted by Crippen LogP contribution is 2.13. The molecule has 23 heavy (non-hydrogen) atoms. The molecule has 0 aliphatic carbocycles. The van der Waals surface area contributed by atoms with E-state index >= 15 is 0 Å². The highest BCUT2D eigenvalue weighted by Gasteiger charge is 2.16. The number of benzene rings is 1. The second kappa shape index (κ2) is 9.15. The van der Waals surface area contributed by atoms with Crippen molar-refractivity contribution in [2.24, 2.45) is 0 Å². The van der Waals surface area contributed by atoms with Crippen molar-refractivity contribution >= 4 is 11.9 Å². The SMILES string of the molecule is CCOC(=O)CNCc1ccc(OCC(=O)OC(C)(C)C)cc1. The monoisotopic (exact) mass is 323 g/mol. The summed E-state index contributed by atoms with van der Waals surface area (Å²) in [5, 5.41) is 2.99. The summed E-state index contributed by atoms with van der Waals surface area (Å²) >= 11 is 0. The maximum absolute atomic E-state index is 11.6. The van der Waals surface area contributed by atoms with E-state index in [1.807, 2.05) is 32.9 Å². The Bertz CT molecular complexity index is 505. The van der Waals surface area contributed by atoms with Gasteiger partial charge in [0.05, 0.1) is 13.2 Å². The minimum Gasteiger partial charge on any atom is -0.482 e. The first-order valence-corrected chi connectivity index (χ1v) is 7.60. The predicted molar refractivity (Wildman–Crippen MR) is 86.1 cm³/mol. The first kappa shape index (κ1) is 19.0. The predicted octanol–water partition coefficient (Wildman–Crippen LogP) is 2.06. The lowest BCUT2D eigenvalue weighted by atomic mass is 10.2. The highest BCUT2D eigenvalue weighted by atomic mass is 16.6. The van der Waals surface area contributed by atoms with Gasteiger partial charge in [-0.05, 0) is 45.4 Å². The van der Waals surface area contributed by atoms with Crippen LogP contribution in [0.15, 0.2) is 24.3 Å². The topological polar surface area (TPSA) is 73.9 Å². The van der Waals surface area contributed by atoms with Crippen molar-refractivity contribution in [3.05, 3.63) is 29.8 Å². The maximum Gasteiger partial charge on any atom is 0.344 e. The molecule has 0 unspecified atom stereocenters. The number of ether oxygens (including phenoxy) is 3. The Kier molecular flexibility index (Phi) is 7.54. The molecular formula is C17H25NO5. The van der Waals surface area contributed by atoms with Crippen molar-refractivity contribution in [2.75, 3.05) is 19.8 Å². The summed E-state index contributed by atoms with van der Waals surface area (Å²) in [5.41, 5.74) is 0.480. The Morgan fingerprint density at radius 1 is 1.09 bits per heavy atom. The van der Waals surface area contributed by atoms with Crippen molar-refractivity contribution in [2.45, 2.75) is 39.8 Å². The Morgan fingerprint density at radius 3 is 2.30 bits per heavy atom. The molecule has 0 aromatic heterocycles. The van der Waals surface area contributed by atoms with Gasteiger partial charge in [0.2, 0.25) is 0 Å². The molecule has 0 atom stereocenters. The highest BCUT2D eigenvalue weighted by molar-refractivity contribution is 5.72. The molecule has 1 aromatic carbocycles. The fraction of sp³-hybridized carbons (Fsp3) is 0.529. The third-order valence-corrected chi connectivity index (χ3v) is 2.60. The molecule has 0 spiro atoms. The van der Waals surface area contributed by atoms with Gasteiger partial charge in [0.15, 0.2) is 6.61 Å². The van der Waals surface area contributed by atoms with Gasteiger partial charge in [0.25, 0.3) is 0 Å². The van der Waals surface area contributed by atoms with E-state index in [1.165, 1.54) is 0 Å². The Labute approximate surface area is 137 Å². The van der Waals surface area contributed by atoms with Crippen LogP contribution in [-0.4, -0.2) is 37.3 Å². The first-order chi connectivity index (χ1) is 10.8. The zero-order chi connectivity index (χ0) is 17.3. The average Bonchev–Trinajstić information content (AvgIpc) is 2.45. The van der Waals surface area contributed by atoms with Gasteiger partial charge in [-0.1, -0.05) is 12.1 Å². The summed E-state index contributed by atoms with van der Waals surface area (Å²) in [5.74, 6) is -0.0903. The summed E-state index contributed by atoms with van der Waals surface area (Å²) in [4.78, 5) is 22.7. The van der Waals surface area contributed by atoms with E-state index in [0.29, 0.717) is 18.9 Å². The van der Waals surface area contributed by atoms with Crippen LogP contribution in [0, 0.1) is 0 Å². The van der Waals surface area contributed by atoms with Crippen LogP contribution < -0.4 is 10.1 Å². The van der Waals surface area contributed by atoms with Crippen LogP contribution in [0.4, 0.5) is 0 Å². The van der Waals surface area contributed by atoms with E-state index in [4.69, 9.17) is 14.2 Å². The molecular weight excluding hydrogens is 298 g/mol. The lowest BCUT2D eigenvalue weighted by molar-refractivity contribution is -0.157. The number of nitrogens with one attached hydrogen (secondary N) is 1. The minimum atomic E-state index is -0.519. The van der Waals surface area contributed by atoms with Crippen molar-refractivity contribution in [3.63, 3.8) is 0 Å². The van der Waals surface area contributed by atoms with Gasteiger partial charge >= 0.3 is 11.9 Å². The molecule has 0 aliphatic rings. The normalized spacial score (nSPS) is 11.0. The van der Waals surface area contributed by atoms with Gasteiger partial charge in [-0.15, -0.1) is 0 Å². The largest absolute Gasteiger partial charge is 0.482 e. The van der Waals surface area contributed by atoms with Gasteiger partial charge < -0.3 is 19.5 Å². The second-order valence-electron chi connectivity index (χ2n) is 5.93. The van der Waals surface area contributed by atoms with Crippen LogP contribution in [0.1, 0.15) is 33.3 Å². The van der Waals surface area contributed by atoms with E-state index in [1.54, 1.807) is 19.1 Å². The summed E-state index contributed by atoms with van der Waals surface area (Å²) < 4.78 is 15.4. The Balaban J connectivity index is 2.33. The molecule has 0 fully saturated rings. The number of carbonyl (C=O) groups excluding carboxylic acids is 2. The van der Waals surface area contributed by atoms with Crippen LogP contribution in [0.2, 0.25) is 0 Å². The van der Waals surface area contributed by atoms with Crippen molar-refractivity contribution in [3.8, 4) is 5.75 Å². The molecule has 128 valence electrons. The van der Waals surface area contributed by atoms with E-state index < -0.39 is 11.6 Å². The molecule has 6 nitrogen and oxygen atoms in total. The Morgan fingerprint density at radius 2 is 1.74 bits per heavy atom. The Hall–Kier alpha value is -2.08. The third kappa shape index (κ3) is 8.83. The van der Waals surface area contributed by atoms with Gasteiger partial charge in [-0.25, -0.2) is 4.79 Å². The molecule has 0 radical (unpaired) electrons. The lowest BCUT2D eigenvalue weighted by Crippen LogP contribution is -2.27. The molecule has 0 saturated heterocycles. The minimum absolute atomic E-state index is 0.127. The number of hydrogen-bond acceptors (Lipinski definition) is 6. The smallest absolute Gasteiger partial charge is 0.344 e. The zero-order valence-electron chi connectivity index (χ0n) is 14.2. The van der Waals surface area contributed by atoms with Crippen molar-refractivity contribution in [1.82, 2.24) is 5.32 Å². The fourth-order valence-corrected chi connectivity index (χ4v) is 1.74. The zero-order valence-corrected chi connectivity index (χ0v) is 14.2. The summed E-state index contributed by atoms with van der Waals surface area (Å²) in [6, 6.07) is 7.27. The van der Waals surface area contributed by atoms with Crippen molar-refractivity contribution < 1.29 is 23.8 Å². The van der Waals surface area contributed by atoms with E-state index in [9.17, 15) is 9.59 Å². The van der Waals surface area contributed by atoms with E-state index in [2.05, 4.69) is 5.32 Å². The summed E-state index contributed by atoms with van der Waals surface area (Å²) in [7, 11) is 0. The number of carbonyl (C=O) groups is 2.